The molecule has 2 heterocycles. The van der Waals surface area contributed by atoms with Gasteiger partial charge in [0.1, 0.15) is 11.5 Å². The van der Waals surface area contributed by atoms with Crippen LogP contribution in [0, 0.1) is 0 Å². The molecule has 20 heavy (non-hydrogen) atoms. The largest absolute Gasteiger partial charge is 0.367 e. The minimum atomic E-state index is -0.158. The normalized spacial score (nSPS) is 14.0. The number of hydrogen-bond acceptors (Lipinski definition) is 5. The topological polar surface area (TPSA) is 95.6 Å². The fourth-order valence-corrected chi connectivity index (χ4v) is 1.90. The average molecular weight is 272 g/mol. The van der Waals surface area contributed by atoms with Crippen molar-refractivity contribution < 1.29 is 4.79 Å². The lowest BCUT2D eigenvalue weighted by molar-refractivity contribution is 0.0950. The number of anilines is 1. The van der Waals surface area contributed by atoms with Crippen molar-refractivity contribution in [3.63, 3.8) is 0 Å². The van der Waals surface area contributed by atoms with Crippen LogP contribution in [0.1, 0.15) is 34.9 Å². The van der Waals surface area contributed by atoms with Crippen molar-refractivity contribution in [1.29, 1.82) is 0 Å². The van der Waals surface area contributed by atoms with Crippen LogP contribution in [0.25, 0.3) is 0 Å². The average Bonchev–Trinajstić information content (AvgIpc) is 3.22. The lowest BCUT2D eigenvalue weighted by Crippen LogP contribution is -2.29. The molecular weight excluding hydrogens is 256 g/mol. The van der Waals surface area contributed by atoms with Gasteiger partial charge in [0.05, 0.1) is 6.20 Å². The van der Waals surface area contributed by atoms with E-state index in [-0.39, 0.29) is 5.91 Å². The van der Waals surface area contributed by atoms with Crippen LogP contribution in [0.15, 0.2) is 24.7 Å². The summed E-state index contributed by atoms with van der Waals surface area (Å²) >= 11 is 0. The van der Waals surface area contributed by atoms with E-state index in [0.29, 0.717) is 30.5 Å². The van der Waals surface area contributed by atoms with Gasteiger partial charge in [0.2, 0.25) is 0 Å². The van der Waals surface area contributed by atoms with E-state index in [1.165, 1.54) is 12.8 Å². The minimum Gasteiger partial charge on any atom is -0.367 e. The van der Waals surface area contributed by atoms with Crippen LogP contribution in [0.4, 0.5) is 5.82 Å². The van der Waals surface area contributed by atoms with Crippen molar-refractivity contribution in [3.8, 4) is 0 Å². The van der Waals surface area contributed by atoms with E-state index in [9.17, 15) is 4.79 Å². The molecular formula is C13H16N6O. The molecule has 0 atom stereocenters. The Bertz CT molecular complexity index is 578. The molecule has 0 spiro atoms. The SMILES string of the molecule is O=C(NCCNc1cnccn1)c1cc(C2CC2)[nH]n1. The Labute approximate surface area is 116 Å². The van der Waals surface area contributed by atoms with Gasteiger partial charge in [-0.1, -0.05) is 0 Å². The maximum absolute atomic E-state index is 11.9. The molecule has 0 radical (unpaired) electrons. The van der Waals surface area contributed by atoms with Crippen LogP contribution in [0.2, 0.25) is 0 Å². The molecule has 7 nitrogen and oxygen atoms in total. The standard InChI is InChI=1S/C13H16N6O/c20-13(11-7-10(18-19-11)9-1-2-9)17-6-5-16-12-8-14-3-4-15-12/h3-4,7-9H,1-2,5-6H2,(H,15,16)(H,17,20)(H,18,19). The maximum atomic E-state index is 11.9. The molecule has 2 aromatic rings. The van der Waals surface area contributed by atoms with E-state index in [1.807, 2.05) is 6.07 Å². The number of carbonyl (C=O) groups excluding carboxylic acids is 1. The van der Waals surface area contributed by atoms with Crippen molar-refractivity contribution in [2.45, 2.75) is 18.8 Å². The molecule has 3 N–H and O–H groups in total. The van der Waals surface area contributed by atoms with E-state index in [4.69, 9.17) is 0 Å². The molecule has 0 aromatic carbocycles. The molecule has 0 aliphatic heterocycles. The Morgan fingerprint density at radius 2 is 2.25 bits per heavy atom. The summed E-state index contributed by atoms with van der Waals surface area (Å²) in [5.41, 5.74) is 1.51. The van der Waals surface area contributed by atoms with Gasteiger partial charge in [-0.25, -0.2) is 4.98 Å². The fraction of sp³-hybridized carbons (Fsp3) is 0.385. The van der Waals surface area contributed by atoms with Gasteiger partial charge in [0.15, 0.2) is 0 Å². The number of amides is 1. The Hall–Kier alpha value is -2.44. The highest BCUT2D eigenvalue weighted by molar-refractivity contribution is 5.92. The molecule has 1 aliphatic carbocycles. The Balaban J connectivity index is 1.42. The molecule has 104 valence electrons. The van der Waals surface area contributed by atoms with Gasteiger partial charge in [0, 0.05) is 37.1 Å². The number of carbonyl (C=O) groups is 1. The Kier molecular flexibility index (Phi) is 3.58. The molecule has 0 bridgehead atoms. The molecule has 3 rings (SSSR count). The second-order valence-electron chi connectivity index (χ2n) is 4.76. The smallest absolute Gasteiger partial charge is 0.271 e. The lowest BCUT2D eigenvalue weighted by Gasteiger charge is -2.05. The van der Waals surface area contributed by atoms with Crippen molar-refractivity contribution in [1.82, 2.24) is 25.5 Å². The third-order valence-electron chi connectivity index (χ3n) is 3.13. The first-order chi connectivity index (χ1) is 9.83. The molecule has 1 saturated carbocycles. The summed E-state index contributed by atoms with van der Waals surface area (Å²) in [7, 11) is 0. The van der Waals surface area contributed by atoms with Crippen LogP contribution in [-0.4, -0.2) is 39.2 Å². The summed E-state index contributed by atoms with van der Waals surface area (Å²) in [5, 5.41) is 12.8. The summed E-state index contributed by atoms with van der Waals surface area (Å²) in [6, 6.07) is 1.84. The number of aromatic amines is 1. The molecule has 1 fully saturated rings. The Morgan fingerprint density at radius 1 is 1.35 bits per heavy atom. The summed E-state index contributed by atoms with van der Waals surface area (Å²) in [6.07, 6.45) is 7.24. The quantitative estimate of drug-likeness (QED) is 0.680. The molecule has 0 unspecified atom stereocenters. The number of aromatic nitrogens is 4. The van der Waals surface area contributed by atoms with Gasteiger partial charge in [-0.05, 0) is 18.9 Å². The fourth-order valence-electron chi connectivity index (χ4n) is 1.90. The van der Waals surface area contributed by atoms with Gasteiger partial charge >= 0.3 is 0 Å². The van der Waals surface area contributed by atoms with Gasteiger partial charge in [-0.15, -0.1) is 0 Å². The summed E-state index contributed by atoms with van der Waals surface area (Å²) in [5.74, 6) is 1.11. The molecule has 7 heteroatoms. The number of nitrogens with one attached hydrogen (secondary N) is 3. The van der Waals surface area contributed by atoms with Crippen molar-refractivity contribution in [2.75, 3.05) is 18.4 Å². The lowest BCUT2D eigenvalue weighted by atomic mass is 10.2. The van der Waals surface area contributed by atoms with Gasteiger partial charge in [0.25, 0.3) is 5.91 Å². The predicted octanol–water partition coefficient (Wildman–Crippen LogP) is 0.919. The second kappa shape index (κ2) is 5.68. The monoisotopic (exact) mass is 272 g/mol. The highest BCUT2D eigenvalue weighted by atomic mass is 16.1. The Morgan fingerprint density at radius 3 is 3.00 bits per heavy atom. The predicted molar refractivity (Wildman–Crippen MR) is 73.4 cm³/mol. The van der Waals surface area contributed by atoms with Crippen LogP contribution in [0.5, 0.6) is 0 Å². The summed E-state index contributed by atoms with van der Waals surface area (Å²) in [4.78, 5) is 19.9. The number of nitrogens with zero attached hydrogens (tertiary/aromatic N) is 3. The third-order valence-corrected chi connectivity index (χ3v) is 3.13. The highest BCUT2D eigenvalue weighted by Gasteiger charge is 2.26. The first-order valence-electron chi connectivity index (χ1n) is 6.66. The van der Waals surface area contributed by atoms with Gasteiger partial charge in [-0.2, -0.15) is 5.10 Å². The van der Waals surface area contributed by atoms with E-state index >= 15 is 0 Å². The van der Waals surface area contributed by atoms with Crippen LogP contribution < -0.4 is 10.6 Å². The highest BCUT2D eigenvalue weighted by Crippen LogP contribution is 2.38. The van der Waals surface area contributed by atoms with Gasteiger partial charge in [-0.3, -0.25) is 14.9 Å². The zero-order chi connectivity index (χ0) is 13.8. The maximum Gasteiger partial charge on any atom is 0.271 e. The molecule has 1 amide bonds. The molecule has 1 aliphatic rings. The van der Waals surface area contributed by atoms with Crippen LogP contribution in [-0.2, 0) is 0 Å². The minimum absolute atomic E-state index is 0.158. The summed E-state index contributed by atoms with van der Waals surface area (Å²) < 4.78 is 0. The van der Waals surface area contributed by atoms with Crippen LogP contribution in [0.3, 0.4) is 0 Å². The molecule has 2 aromatic heterocycles. The third kappa shape index (κ3) is 3.11. The van der Waals surface area contributed by atoms with Crippen molar-refractivity contribution >= 4 is 11.7 Å². The first-order valence-corrected chi connectivity index (χ1v) is 6.66. The van der Waals surface area contributed by atoms with Crippen molar-refractivity contribution in [3.05, 3.63) is 36.0 Å². The zero-order valence-corrected chi connectivity index (χ0v) is 11.0. The van der Waals surface area contributed by atoms with E-state index < -0.39 is 0 Å². The number of rotatable bonds is 6. The van der Waals surface area contributed by atoms with Crippen molar-refractivity contribution in [2.24, 2.45) is 0 Å². The van der Waals surface area contributed by atoms with E-state index in [2.05, 4.69) is 30.8 Å². The van der Waals surface area contributed by atoms with E-state index in [1.54, 1.807) is 18.6 Å². The number of H-pyrrole nitrogens is 1. The second-order valence-corrected chi connectivity index (χ2v) is 4.76. The van der Waals surface area contributed by atoms with E-state index in [0.717, 1.165) is 5.69 Å². The zero-order valence-electron chi connectivity index (χ0n) is 11.0. The van der Waals surface area contributed by atoms with Gasteiger partial charge < -0.3 is 10.6 Å². The molecule has 0 saturated heterocycles. The summed E-state index contributed by atoms with van der Waals surface area (Å²) in [6.45, 7) is 1.09. The number of hydrogen-bond donors (Lipinski definition) is 3. The first kappa shape index (κ1) is 12.6. The van der Waals surface area contributed by atoms with Crippen LogP contribution >= 0.6 is 0 Å².